The number of imidazole rings is 1. The number of fused-ring (bicyclic) bond motifs is 1. The fourth-order valence-electron chi connectivity index (χ4n) is 2.19. The minimum absolute atomic E-state index is 0.421. The molecule has 2 N–H and O–H groups in total. The summed E-state index contributed by atoms with van der Waals surface area (Å²) in [7, 11) is 1.73. The number of rotatable bonds is 7. The normalized spacial score (nSPS) is 13.1. The molecular weight excluding hydrogens is 260 g/mol. The van der Waals surface area contributed by atoms with Crippen molar-refractivity contribution in [3.8, 4) is 0 Å². The van der Waals surface area contributed by atoms with Gasteiger partial charge in [-0.2, -0.15) is 0 Å². The summed E-state index contributed by atoms with van der Waals surface area (Å²) in [5.41, 5.74) is 6.99. The molecule has 0 aliphatic rings. The SMILES string of the molecule is CCC(C)N(CCOC)c1nc2sccn2c1CN. The van der Waals surface area contributed by atoms with Crippen LogP contribution >= 0.6 is 11.3 Å². The van der Waals surface area contributed by atoms with Gasteiger partial charge in [-0.1, -0.05) is 6.92 Å². The Morgan fingerprint density at radius 1 is 1.58 bits per heavy atom. The predicted octanol–water partition coefficient (Wildman–Crippen LogP) is 2.11. The Labute approximate surface area is 118 Å². The zero-order valence-corrected chi connectivity index (χ0v) is 12.6. The minimum atomic E-state index is 0.421. The molecule has 0 aliphatic heterocycles. The van der Waals surface area contributed by atoms with Gasteiger partial charge < -0.3 is 15.4 Å². The quantitative estimate of drug-likeness (QED) is 0.845. The first-order chi connectivity index (χ1) is 9.22. The predicted molar refractivity (Wildman–Crippen MR) is 79.9 cm³/mol. The van der Waals surface area contributed by atoms with E-state index in [1.807, 2.05) is 11.6 Å². The maximum absolute atomic E-state index is 5.91. The Balaban J connectivity index is 2.39. The van der Waals surface area contributed by atoms with E-state index in [0.717, 1.165) is 29.4 Å². The van der Waals surface area contributed by atoms with Gasteiger partial charge in [-0.3, -0.25) is 4.40 Å². The van der Waals surface area contributed by atoms with Crippen molar-refractivity contribution in [3.63, 3.8) is 0 Å². The van der Waals surface area contributed by atoms with Crippen molar-refractivity contribution in [1.29, 1.82) is 0 Å². The highest BCUT2D eigenvalue weighted by Gasteiger charge is 2.21. The van der Waals surface area contributed by atoms with E-state index in [0.29, 0.717) is 19.2 Å². The molecule has 2 aromatic heterocycles. The second kappa shape index (κ2) is 6.36. The van der Waals surface area contributed by atoms with Gasteiger partial charge in [-0.05, 0) is 13.3 Å². The van der Waals surface area contributed by atoms with Crippen LogP contribution in [0.4, 0.5) is 5.82 Å². The number of nitrogens with two attached hydrogens (primary N) is 1. The number of ether oxygens (including phenoxy) is 1. The molecule has 1 atom stereocenters. The molecule has 2 heterocycles. The van der Waals surface area contributed by atoms with Gasteiger partial charge >= 0.3 is 0 Å². The van der Waals surface area contributed by atoms with E-state index in [-0.39, 0.29) is 0 Å². The molecule has 2 rings (SSSR count). The van der Waals surface area contributed by atoms with Crippen LogP contribution in [0.25, 0.3) is 4.96 Å². The third-order valence-electron chi connectivity index (χ3n) is 3.46. The maximum atomic E-state index is 5.91. The summed E-state index contributed by atoms with van der Waals surface area (Å²) < 4.78 is 7.30. The molecule has 6 heteroatoms. The van der Waals surface area contributed by atoms with Crippen LogP contribution in [0.3, 0.4) is 0 Å². The molecule has 19 heavy (non-hydrogen) atoms. The van der Waals surface area contributed by atoms with E-state index in [1.165, 1.54) is 0 Å². The zero-order chi connectivity index (χ0) is 13.8. The second-order valence-electron chi connectivity index (χ2n) is 4.59. The zero-order valence-electron chi connectivity index (χ0n) is 11.8. The van der Waals surface area contributed by atoms with E-state index >= 15 is 0 Å². The molecule has 0 fully saturated rings. The first-order valence-electron chi connectivity index (χ1n) is 6.63. The van der Waals surface area contributed by atoms with E-state index < -0.39 is 0 Å². The van der Waals surface area contributed by atoms with Gasteiger partial charge in [-0.25, -0.2) is 4.98 Å². The summed E-state index contributed by atoms with van der Waals surface area (Å²) in [5, 5.41) is 2.04. The van der Waals surface area contributed by atoms with Gasteiger partial charge in [0.1, 0.15) is 0 Å². The van der Waals surface area contributed by atoms with Crippen LogP contribution in [0.5, 0.6) is 0 Å². The number of hydrogen-bond acceptors (Lipinski definition) is 5. The summed E-state index contributed by atoms with van der Waals surface area (Å²) in [4.78, 5) is 8.04. The fourth-order valence-corrected chi connectivity index (χ4v) is 2.91. The van der Waals surface area contributed by atoms with Gasteiger partial charge in [0.2, 0.25) is 0 Å². The van der Waals surface area contributed by atoms with E-state index in [4.69, 9.17) is 15.5 Å². The number of thiazole rings is 1. The van der Waals surface area contributed by atoms with Crippen molar-refractivity contribution in [2.75, 3.05) is 25.2 Å². The van der Waals surface area contributed by atoms with Crippen LogP contribution in [-0.4, -0.2) is 35.7 Å². The van der Waals surface area contributed by atoms with Gasteiger partial charge in [0.25, 0.3) is 0 Å². The lowest BCUT2D eigenvalue weighted by Gasteiger charge is -2.29. The minimum Gasteiger partial charge on any atom is -0.383 e. The molecule has 0 bridgehead atoms. The third kappa shape index (κ3) is 2.75. The molecular formula is C13H22N4OS. The highest BCUT2D eigenvalue weighted by atomic mass is 32.1. The van der Waals surface area contributed by atoms with Gasteiger partial charge in [0, 0.05) is 37.8 Å². The standard InChI is InChI=1S/C13H22N4OS/c1-4-10(2)16(5-7-18-3)12-11(9-14)17-6-8-19-13(17)15-12/h6,8,10H,4-5,7,9,14H2,1-3H3. The third-order valence-corrected chi connectivity index (χ3v) is 4.22. The number of hydrogen-bond donors (Lipinski definition) is 1. The lowest BCUT2D eigenvalue weighted by Crippen LogP contribution is -2.36. The Morgan fingerprint density at radius 2 is 2.37 bits per heavy atom. The van der Waals surface area contributed by atoms with Crippen LogP contribution in [0.1, 0.15) is 26.0 Å². The Hall–Kier alpha value is -1.11. The summed E-state index contributed by atoms with van der Waals surface area (Å²) in [6.07, 6.45) is 3.10. The van der Waals surface area contributed by atoms with E-state index in [1.54, 1.807) is 18.4 Å². The second-order valence-corrected chi connectivity index (χ2v) is 5.46. The Kier molecular flexibility index (Phi) is 4.79. The lowest BCUT2D eigenvalue weighted by molar-refractivity contribution is 0.203. The van der Waals surface area contributed by atoms with Gasteiger partial charge in [0.15, 0.2) is 10.8 Å². The first-order valence-corrected chi connectivity index (χ1v) is 7.50. The highest BCUT2D eigenvalue weighted by Crippen LogP contribution is 2.26. The number of aromatic nitrogens is 2. The average molecular weight is 282 g/mol. The molecule has 0 amide bonds. The summed E-state index contributed by atoms with van der Waals surface area (Å²) in [5.74, 6) is 1.00. The molecule has 0 saturated carbocycles. The van der Waals surface area contributed by atoms with Crippen LogP contribution < -0.4 is 10.6 Å². The van der Waals surface area contributed by atoms with Crippen LogP contribution in [0, 0.1) is 0 Å². The molecule has 1 unspecified atom stereocenters. The largest absolute Gasteiger partial charge is 0.383 e. The van der Waals surface area contributed by atoms with Crippen LogP contribution in [-0.2, 0) is 11.3 Å². The van der Waals surface area contributed by atoms with Gasteiger partial charge in [-0.15, -0.1) is 11.3 Å². The topological polar surface area (TPSA) is 55.8 Å². The molecule has 2 aromatic rings. The van der Waals surface area contributed by atoms with E-state index in [9.17, 15) is 0 Å². The number of methoxy groups -OCH3 is 1. The van der Waals surface area contributed by atoms with Crippen molar-refractivity contribution in [1.82, 2.24) is 9.38 Å². The van der Waals surface area contributed by atoms with Crippen molar-refractivity contribution < 1.29 is 4.74 Å². The summed E-state index contributed by atoms with van der Waals surface area (Å²) in [6.45, 7) is 6.42. The molecule has 0 aliphatic carbocycles. The van der Waals surface area contributed by atoms with E-state index in [2.05, 4.69) is 23.1 Å². The van der Waals surface area contributed by atoms with Crippen molar-refractivity contribution >= 4 is 22.1 Å². The molecule has 106 valence electrons. The Morgan fingerprint density at radius 3 is 3.00 bits per heavy atom. The summed E-state index contributed by atoms with van der Waals surface area (Å²) >= 11 is 1.64. The smallest absolute Gasteiger partial charge is 0.195 e. The molecule has 0 saturated heterocycles. The van der Waals surface area contributed by atoms with Crippen LogP contribution in [0.2, 0.25) is 0 Å². The Bertz CT molecular complexity index is 522. The van der Waals surface area contributed by atoms with Crippen molar-refractivity contribution in [2.24, 2.45) is 5.73 Å². The molecule has 0 spiro atoms. The monoisotopic (exact) mass is 282 g/mol. The van der Waals surface area contributed by atoms with Crippen LogP contribution in [0.15, 0.2) is 11.6 Å². The lowest BCUT2D eigenvalue weighted by atomic mass is 10.2. The molecule has 0 aromatic carbocycles. The summed E-state index contributed by atoms with van der Waals surface area (Å²) in [6, 6.07) is 0.421. The van der Waals surface area contributed by atoms with Crippen molar-refractivity contribution in [2.45, 2.75) is 32.9 Å². The number of anilines is 1. The molecule has 5 nitrogen and oxygen atoms in total. The maximum Gasteiger partial charge on any atom is 0.195 e. The first kappa shape index (κ1) is 14.3. The molecule has 0 radical (unpaired) electrons. The fraction of sp³-hybridized carbons (Fsp3) is 0.615. The number of nitrogens with zero attached hydrogens (tertiary/aromatic N) is 3. The average Bonchev–Trinajstić information content (AvgIpc) is 2.99. The van der Waals surface area contributed by atoms with Gasteiger partial charge in [0.05, 0.1) is 12.3 Å². The highest BCUT2D eigenvalue weighted by molar-refractivity contribution is 7.15. The van der Waals surface area contributed by atoms with Crippen molar-refractivity contribution in [3.05, 3.63) is 17.3 Å².